The summed E-state index contributed by atoms with van der Waals surface area (Å²) in [5, 5.41) is -3.45. The summed E-state index contributed by atoms with van der Waals surface area (Å²) in [6, 6.07) is -26.4. The number of rotatable bonds is 5. The van der Waals surface area contributed by atoms with E-state index in [1.54, 1.807) is 0 Å². The van der Waals surface area contributed by atoms with Crippen LogP contribution in [-0.2, 0) is 0 Å². The van der Waals surface area contributed by atoms with Crippen molar-refractivity contribution in [1.29, 1.82) is 0 Å². The molecule has 10 rings (SSSR count). The van der Waals surface area contributed by atoms with Gasteiger partial charge in [0.05, 0.1) is 38.4 Å². The van der Waals surface area contributed by atoms with Crippen LogP contribution in [0.4, 0.5) is 17.1 Å². The Morgan fingerprint density at radius 1 is 0.449 bits per heavy atom. The molecule has 0 N–H and O–H groups in total. The van der Waals surface area contributed by atoms with E-state index in [1.807, 2.05) is 0 Å². The third kappa shape index (κ3) is 4.57. The molecule has 2 aromatic heterocycles. The molecule has 230 valence electrons. The number of anilines is 3. The van der Waals surface area contributed by atoms with Gasteiger partial charge in [-0.3, -0.25) is 0 Å². The zero-order chi connectivity index (χ0) is 56.7. The van der Waals surface area contributed by atoms with Gasteiger partial charge in [0.1, 0.15) is 16.7 Å². The number of oxazole rings is 1. The molecule has 0 amide bonds. The Bertz CT molecular complexity index is 4370. The molecule has 0 radical (unpaired) electrons. The van der Waals surface area contributed by atoms with Gasteiger partial charge in [0, 0.05) is 38.8 Å². The number of aromatic nitrogens is 1. The number of hydrogen-bond donors (Lipinski definition) is 0. The molecule has 0 atom stereocenters. The van der Waals surface area contributed by atoms with E-state index in [9.17, 15) is 11.0 Å². The fourth-order valence-corrected chi connectivity index (χ4v) is 5.24. The molecule has 0 bridgehead atoms. The Kier molecular flexibility index (Phi) is 2.57. The first-order valence-corrected chi connectivity index (χ1v) is 14.2. The fourth-order valence-electron chi connectivity index (χ4n) is 5.24. The summed E-state index contributed by atoms with van der Waals surface area (Å²) < 4.78 is 261. The van der Waals surface area contributed by atoms with Gasteiger partial charge in [-0.15, -0.1) is 0 Å². The largest absolute Gasteiger partial charge is 0.456 e. The summed E-state index contributed by atoms with van der Waals surface area (Å²) >= 11 is 0. The first-order chi connectivity index (χ1) is 35.9. The van der Waals surface area contributed by atoms with Gasteiger partial charge in [0.25, 0.3) is 0 Å². The molecule has 0 aliphatic rings. The lowest BCUT2D eigenvalue weighted by Crippen LogP contribution is -2.09. The van der Waals surface area contributed by atoms with E-state index in [1.165, 1.54) is 0 Å². The molecule has 0 aliphatic carbocycles. The highest BCUT2D eigenvalue weighted by Crippen LogP contribution is 2.41. The van der Waals surface area contributed by atoms with Gasteiger partial charge < -0.3 is 13.7 Å². The Balaban J connectivity index is 1.37. The van der Waals surface area contributed by atoms with Crippen LogP contribution in [0.15, 0.2) is 178 Å². The average molecular weight is 657 g/mol. The van der Waals surface area contributed by atoms with Crippen molar-refractivity contribution < 1.29 is 47.2 Å². The van der Waals surface area contributed by atoms with Crippen LogP contribution in [0.25, 0.3) is 77.2 Å². The summed E-state index contributed by atoms with van der Waals surface area (Å²) in [6.07, 6.45) is 0. The molecule has 0 unspecified atom stereocenters. The van der Waals surface area contributed by atoms with Crippen molar-refractivity contribution in [2.45, 2.75) is 0 Å². The van der Waals surface area contributed by atoms with Gasteiger partial charge in [-0.2, -0.15) is 0 Å². The van der Waals surface area contributed by atoms with Crippen molar-refractivity contribution in [2.75, 3.05) is 4.90 Å². The topological polar surface area (TPSA) is 42.4 Å². The Morgan fingerprint density at radius 3 is 1.96 bits per heavy atom. The van der Waals surface area contributed by atoms with Crippen LogP contribution in [0.5, 0.6) is 0 Å². The predicted octanol–water partition coefficient (Wildman–Crippen LogP) is 12.8. The molecule has 2 heterocycles. The van der Waals surface area contributed by atoms with Crippen molar-refractivity contribution in [3.63, 3.8) is 0 Å². The molecule has 0 spiro atoms. The number of fused-ring (bicyclic) bond motifs is 8. The van der Waals surface area contributed by atoms with E-state index < -0.39 is 263 Å². The number of hydrogen-bond acceptors (Lipinski definition) is 4. The van der Waals surface area contributed by atoms with Gasteiger partial charge in [-0.1, -0.05) is 96.7 Å². The van der Waals surface area contributed by atoms with Crippen molar-refractivity contribution in [3.8, 4) is 22.6 Å². The van der Waals surface area contributed by atoms with Crippen LogP contribution in [0, 0.1) is 0 Å². The lowest BCUT2D eigenvalue weighted by molar-refractivity contribution is 0.623. The highest BCUT2D eigenvalue weighted by atomic mass is 16.3. The zero-order valence-corrected chi connectivity index (χ0v) is 24.2. The van der Waals surface area contributed by atoms with Crippen molar-refractivity contribution in [2.24, 2.45) is 0 Å². The molecule has 0 fully saturated rings. The summed E-state index contributed by atoms with van der Waals surface area (Å²) in [4.78, 5) is 4.61. The van der Waals surface area contributed by atoms with E-state index in [-0.39, 0.29) is 0 Å². The first kappa shape index (κ1) is 11.5. The van der Waals surface area contributed by atoms with Gasteiger partial charge >= 0.3 is 0 Å². The second kappa shape index (κ2) is 11.0. The highest BCUT2D eigenvalue weighted by Gasteiger charge is 2.17. The van der Waals surface area contributed by atoms with Crippen LogP contribution >= 0.6 is 0 Å². The lowest BCUT2D eigenvalue weighted by Gasteiger charge is -2.26. The SMILES string of the molecule is [2H]c1c([2H])c([2H])c(-c2nc3c([2H])c([2H])c4c([2H])c([2H])c5c([2H])c([2H])c(N(c6c([2H])c([2H])c([2H])c([2H])c6[2H])c6c([2H])c([2H])c(-c7c([2H])c([2H])c8oc9c([2H])c([2H])c([2H])c([2H])c9c8c7[2H])c([2H])c6[2H])c([2H])c5c4c3o2)c([2H])c1[2H]. The van der Waals surface area contributed by atoms with E-state index in [0.717, 1.165) is 0 Å². The van der Waals surface area contributed by atoms with E-state index >= 15 is 0 Å². The zero-order valence-electron chi connectivity index (χ0n) is 52.2. The Hall–Kier alpha value is -6.65. The monoisotopic (exact) mass is 656 g/mol. The van der Waals surface area contributed by atoms with Gasteiger partial charge in [-0.05, 0) is 99.8 Å². The van der Waals surface area contributed by atoms with E-state index in [2.05, 4.69) is 4.98 Å². The smallest absolute Gasteiger partial charge is 0.227 e. The number of benzene rings is 8. The third-order valence-corrected chi connectivity index (χ3v) is 7.39. The predicted molar refractivity (Wildman–Crippen MR) is 202 cm³/mol. The van der Waals surface area contributed by atoms with Crippen LogP contribution in [0.1, 0.15) is 38.4 Å². The standard InChI is InChI=1S/C45H28N2O2/c1-3-9-32(10-4-1)45-46-40-25-20-31-16-15-30-19-24-36(28-38(30)43(31)44(40)49-45)47(34-11-5-2-6-12-34)35-22-17-29(18-23-35)33-21-26-42-39(27-33)37-13-7-8-14-41(37)48-42/h1-28H/i1D,2D,3D,4D,5D,6D,7D,8D,9D,10D,11D,12D,13D,14D,15D,16D,17D,18D,19D,20D,21D,22D,23D,24D,25D,26D,27D,28D. The fraction of sp³-hybridized carbons (Fsp3) is 0. The van der Waals surface area contributed by atoms with Crippen LogP contribution in [0.3, 0.4) is 0 Å². The molecule has 4 nitrogen and oxygen atoms in total. The van der Waals surface area contributed by atoms with Gasteiger partial charge in [0.2, 0.25) is 5.89 Å². The molecule has 0 saturated heterocycles. The highest BCUT2D eigenvalue weighted by molar-refractivity contribution is 6.18. The summed E-state index contributed by atoms with van der Waals surface area (Å²) in [7, 11) is 0. The second-order valence-electron chi connectivity index (χ2n) is 10.2. The number of furan rings is 1. The van der Waals surface area contributed by atoms with Crippen LogP contribution in [-0.4, -0.2) is 4.98 Å². The van der Waals surface area contributed by atoms with E-state index in [4.69, 9.17) is 36.2 Å². The number of nitrogens with zero attached hydrogens (tertiary/aromatic N) is 2. The minimum atomic E-state index is -1.22. The lowest BCUT2D eigenvalue weighted by atomic mass is 9.99. The van der Waals surface area contributed by atoms with Crippen molar-refractivity contribution in [3.05, 3.63) is 169 Å². The van der Waals surface area contributed by atoms with Gasteiger partial charge in [-0.25, -0.2) is 4.98 Å². The summed E-state index contributed by atoms with van der Waals surface area (Å²) in [5.41, 5.74) is -7.70. The van der Waals surface area contributed by atoms with Crippen molar-refractivity contribution in [1.82, 2.24) is 4.98 Å². The molecular weight excluding hydrogens is 601 g/mol. The number of para-hydroxylation sites is 2. The molecule has 0 aliphatic heterocycles. The van der Waals surface area contributed by atoms with E-state index in [0.29, 0.717) is 4.90 Å². The minimum absolute atomic E-state index is 0.398. The maximum Gasteiger partial charge on any atom is 0.227 e. The molecule has 49 heavy (non-hydrogen) atoms. The third-order valence-electron chi connectivity index (χ3n) is 7.39. The van der Waals surface area contributed by atoms with Crippen LogP contribution < -0.4 is 4.90 Å². The van der Waals surface area contributed by atoms with Crippen LogP contribution in [0.2, 0.25) is 0 Å². The van der Waals surface area contributed by atoms with Crippen molar-refractivity contribution >= 4 is 71.6 Å². The normalized spacial score (nSPS) is 19.7. The molecule has 10 aromatic rings. The summed E-state index contributed by atoms with van der Waals surface area (Å²) in [6.45, 7) is 0. The molecule has 4 heteroatoms. The summed E-state index contributed by atoms with van der Waals surface area (Å²) in [5.74, 6) is -0.722. The quantitative estimate of drug-likeness (QED) is 0.173. The molecule has 0 saturated carbocycles. The first-order valence-electron chi connectivity index (χ1n) is 28.2. The minimum Gasteiger partial charge on any atom is -0.456 e. The second-order valence-corrected chi connectivity index (χ2v) is 10.2. The Labute approximate surface area is 321 Å². The Morgan fingerprint density at radius 2 is 1.10 bits per heavy atom. The molecule has 8 aromatic carbocycles. The maximum atomic E-state index is 9.96. The average Bonchev–Trinajstić information content (AvgIpc) is 4.16. The van der Waals surface area contributed by atoms with Gasteiger partial charge in [0.15, 0.2) is 5.58 Å². The molecular formula is C45H28N2O2. The maximum absolute atomic E-state index is 9.96.